The predicted molar refractivity (Wildman–Crippen MR) is 136 cm³/mol. The van der Waals surface area contributed by atoms with Crippen molar-refractivity contribution in [1.82, 2.24) is 10.6 Å². The zero-order valence-corrected chi connectivity index (χ0v) is 20.9. The third-order valence-corrected chi connectivity index (χ3v) is 8.08. The van der Waals surface area contributed by atoms with Crippen LogP contribution in [0.2, 0.25) is 0 Å². The number of rotatable bonds is 8. The largest absolute Gasteiger partial charge is 0.487 e. The average Bonchev–Trinajstić information content (AvgIpc) is 3.34. The van der Waals surface area contributed by atoms with Crippen LogP contribution in [0.25, 0.3) is 10.4 Å². The van der Waals surface area contributed by atoms with Crippen LogP contribution < -0.4 is 15.4 Å². The van der Waals surface area contributed by atoms with E-state index in [9.17, 15) is 18.7 Å². The number of halogens is 2. The molecule has 1 aliphatic carbocycles. The van der Waals surface area contributed by atoms with Crippen LogP contribution in [0.15, 0.2) is 53.9 Å². The number of aliphatic hydroxyl groups excluding tert-OH is 1. The van der Waals surface area contributed by atoms with Crippen molar-refractivity contribution in [2.45, 2.75) is 62.8 Å². The van der Waals surface area contributed by atoms with Gasteiger partial charge in [0.15, 0.2) is 0 Å². The highest BCUT2D eigenvalue weighted by molar-refractivity contribution is 7.13. The molecular formula is C28H30F2N2O3S. The van der Waals surface area contributed by atoms with Crippen LogP contribution in [0.5, 0.6) is 5.75 Å². The lowest BCUT2D eigenvalue weighted by Gasteiger charge is -2.48. The van der Waals surface area contributed by atoms with Crippen LogP contribution in [0.1, 0.15) is 49.8 Å². The molecule has 1 saturated carbocycles. The van der Waals surface area contributed by atoms with Gasteiger partial charge in [0, 0.05) is 42.4 Å². The molecule has 2 aliphatic rings. The number of thiophene rings is 1. The van der Waals surface area contributed by atoms with E-state index in [0.29, 0.717) is 5.56 Å². The standard InChI is InChI=1S/C28H30F2N2O3S/c1-17(33)32-23(12-18-10-20(29)14-21(30)11-18)25(34)16-31-24-15-28(7-3-8-28)35-26-6-5-19(13-22(24)26)27-4-2-9-36-27/h2,4-6,9-11,13-14,23-25,31,34H,3,7-8,12,15-16H2,1H3,(H,32,33)/t23-,24-,25-/m0/s1. The van der Waals surface area contributed by atoms with Gasteiger partial charge in [-0.1, -0.05) is 6.07 Å². The second kappa shape index (κ2) is 10.3. The lowest BCUT2D eigenvalue weighted by Crippen LogP contribution is -2.52. The molecule has 190 valence electrons. The summed E-state index contributed by atoms with van der Waals surface area (Å²) in [5, 5.41) is 19.3. The summed E-state index contributed by atoms with van der Waals surface area (Å²) in [6.45, 7) is 1.56. The number of carbonyl (C=O) groups is 1. The van der Waals surface area contributed by atoms with Gasteiger partial charge in [0.2, 0.25) is 5.91 Å². The second-order valence-corrected chi connectivity index (χ2v) is 10.8. The maximum absolute atomic E-state index is 13.7. The molecule has 1 spiro atoms. The number of hydrogen-bond donors (Lipinski definition) is 3. The summed E-state index contributed by atoms with van der Waals surface area (Å²) in [4.78, 5) is 13.0. The topological polar surface area (TPSA) is 70.6 Å². The zero-order valence-electron chi connectivity index (χ0n) is 20.1. The van der Waals surface area contributed by atoms with Crippen LogP contribution in [0.4, 0.5) is 8.78 Å². The minimum absolute atomic E-state index is 0.0341. The number of hydrogen-bond acceptors (Lipinski definition) is 5. The van der Waals surface area contributed by atoms with Crippen molar-refractivity contribution < 1.29 is 23.4 Å². The highest BCUT2D eigenvalue weighted by Gasteiger charge is 2.45. The monoisotopic (exact) mass is 512 g/mol. The molecule has 0 saturated heterocycles. The summed E-state index contributed by atoms with van der Waals surface area (Å²) in [6, 6.07) is 12.9. The smallest absolute Gasteiger partial charge is 0.217 e. The summed E-state index contributed by atoms with van der Waals surface area (Å²) < 4.78 is 33.9. The normalized spacial score (nSPS) is 19.6. The van der Waals surface area contributed by atoms with Gasteiger partial charge in [-0.2, -0.15) is 0 Å². The summed E-state index contributed by atoms with van der Waals surface area (Å²) in [5.74, 6) is -0.834. The number of fused-ring (bicyclic) bond motifs is 1. The van der Waals surface area contributed by atoms with Gasteiger partial charge >= 0.3 is 0 Å². The summed E-state index contributed by atoms with van der Waals surface area (Å²) in [6.07, 6.45) is 3.06. The molecule has 1 amide bonds. The Bertz CT molecular complexity index is 1210. The van der Waals surface area contributed by atoms with Crippen LogP contribution in [-0.4, -0.2) is 35.3 Å². The van der Waals surface area contributed by atoms with E-state index < -0.39 is 23.8 Å². The van der Waals surface area contributed by atoms with Crippen molar-refractivity contribution in [3.8, 4) is 16.2 Å². The van der Waals surface area contributed by atoms with Gasteiger partial charge in [0.25, 0.3) is 0 Å². The summed E-state index contributed by atoms with van der Waals surface area (Å²) in [5.41, 5.74) is 2.36. The fourth-order valence-corrected chi connectivity index (χ4v) is 5.98. The molecule has 2 aromatic carbocycles. The van der Waals surface area contributed by atoms with Crippen LogP contribution in [0.3, 0.4) is 0 Å². The van der Waals surface area contributed by atoms with Gasteiger partial charge in [-0.05, 0) is 78.6 Å². The number of benzene rings is 2. The quantitative estimate of drug-likeness (QED) is 0.391. The van der Waals surface area contributed by atoms with Crippen molar-refractivity contribution in [2.24, 2.45) is 0 Å². The molecule has 1 aromatic heterocycles. The maximum atomic E-state index is 13.7. The van der Waals surface area contributed by atoms with Gasteiger partial charge in [0.05, 0.1) is 12.1 Å². The lowest BCUT2D eigenvalue weighted by molar-refractivity contribution is -0.120. The molecule has 3 N–H and O–H groups in total. The van der Waals surface area contributed by atoms with Crippen molar-refractivity contribution in [1.29, 1.82) is 0 Å². The minimum Gasteiger partial charge on any atom is -0.487 e. The molecule has 5 nitrogen and oxygen atoms in total. The van der Waals surface area contributed by atoms with E-state index >= 15 is 0 Å². The molecule has 5 rings (SSSR count). The Morgan fingerprint density at radius 2 is 1.97 bits per heavy atom. The van der Waals surface area contributed by atoms with Crippen LogP contribution in [-0.2, 0) is 11.2 Å². The Balaban J connectivity index is 1.34. The molecule has 0 radical (unpaired) electrons. The van der Waals surface area contributed by atoms with Crippen molar-refractivity contribution in [3.05, 3.63) is 76.7 Å². The first kappa shape index (κ1) is 24.9. The molecule has 8 heteroatoms. The highest BCUT2D eigenvalue weighted by atomic mass is 32.1. The molecule has 2 heterocycles. The van der Waals surface area contributed by atoms with E-state index in [1.54, 1.807) is 11.3 Å². The van der Waals surface area contributed by atoms with Crippen molar-refractivity contribution in [3.63, 3.8) is 0 Å². The number of amides is 1. The Hall–Kier alpha value is -2.81. The van der Waals surface area contributed by atoms with Gasteiger partial charge < -0.3 is 20.5 Å². The Kier molecular flexibility index (Phi) is 7.10. The number of ether oxygens (including phenoxy) is 1. The Morgan fingerprint density at radius 3 is 2.61 bits per heavy atom. The molecule has 3 aromatic rings. The SMILES string of the molecule is CC(=O)N[C@@H](Cc1cc(F)cc(F)c1)[C@@H](O)CN[C@H]1CC2(CCC2)Oc2ccc(-c3cccs3)cc21. The third kappa shape index (κ3) is 5.45. The molecular weight excluding hydrogens is 482 g/mol. The van der Waals surface area contributed by atoms with Crippen molar-refractivity contribution >= 4 is 17.2 Å². The van der Waals surface area contributed by atoms with Gasteiger partial charge in [0.1, 0.15) is 23.0 Å². The van der Waals surface area contributed by atoms with E-state index in [4.69, 9.17) is 4.74 Å². The Labute approximate surface area is 213 Å². The predicted octanol–water partition coefficient (Wildman–Crippen LogP) is 5.14. The first-order valence-corrected chi connectivity index (χ1v) is 13.2. The van der Waals surface area contributed by atoms with Crippen molar-refractivity contribution in [2.75, 3.05) is 6.54 Å². The second-order valence-electron chi connectivity index (χ2n) is 9.89. The summed E-state index contributed by atoms with van der Waals surface area (Å²) in [7, 11) is 0. The molecule has 36 heavy (non-hydrogen) atoms. The highest BCUT2D eigenvalue weighted by Crippen LogP contribution is 2.49. The molecule has 0 bridgehead atoms. The minimum atomic E-state index is -0.968. The van der Waals surface area contributed by atoms with E-state index in [0.717, 1.165) is 48.6 Å². The van der Waals surface area contributed by atoms with Crippen LogP contribution >= 0.6 is 11.3 Å². The zero-order chi connectivity index (χ0) is 25.3. The number of aliphatic hydroxyl groups is 1. The molecule has 3 atom stereocenters. The van der Waals surface area contributed by atoms with E-state index in [2.05, 4.69) is 28.8 Å². The summed E-state index contributed by atoms with van der Waals surface area (Å²) >= 11 is 1.68. The first-order chi connectivity index (χ1) is 17.3. The first-order valence-electron chi connectivity index (χ1n) is 12.3. The average molecular weight is 513 g/mol. The Morgan fingerprint density at radius 1 is 1.19 bits per heavy atom. The van der Waals surface area contributed by atoms with E-state index in [-0.39, 0.29) is 30.5 Å². The molecule has 1 aliphatic heterocycles. The maximum Gasteiger partial charge on any atom is 0.217 e. The van der Waals surface area contributed by atoms with Crippen LogP contribution in [0, 0.1) is 11.6 Å². The number of carbonyl (C=O) groups excluding carboxylic acids is 1. The van der Waals surface area contributed by atoms with E-state index in [1.165, 1.54) is 23.9 Å². The van der Waals surface area contributed by atoms with E-state index in [1.807, 2.05) is 17.5 Å². The number of nitrogens with one attached hydrogen (secondary N) is 2. The van der Waals surface area contributed by atoms with Gasteiger partial charge in [-0.3, -0.25) is 4.79 Å². The molecule has 0 unspecified atom stereocenters. The van der Waals surface area contributed by atoms with Gasteiger partial charge in [-0.25, -0.2) is 8.78 Å². The molecule has 1 fully saturated rings. The fraction of sp³-hybridized carbons (Fsp3) is 0.393. The third-order valence-electron chi connectivity index (χ3n) is 7.16. The fourth-order valence-electron chi connectivity index (χ4n) is 5.26. The van der Waals surface area contributed by atoms with Gasteiger partial charge in [-0.15, -0.1) is 11.3 Å². The lowest BCUT2D eigenvalue weighted by atomic mass is 9.72.